The van der Waals surface area contributed by atoms with Gasteiger partial charge in [-0.1, -0.05) is 30.4 Å². The van der Waals surface area contributed by atoms with Crippen LogP contribution in [0.25, 0.3) is 5.57 Å². The number of thiophene rings is 1. The van der Waals surface area contributed by atoms with Crippen molar-refractivity contribution in [2.45, 2.75) is 32.1 Å². The van der Waals surface area contributed by atoms with E-state index in [0.29, 0.717) is 43.0 Å². The lowest BCUT2D eigenvalue weighted by Gasteiger charge is -2.26. The first-order chi connectivity index (χ1) is 18.5. The fourth-order valence-electron chi connectivity index (χ4n) is 5.41. The first-order valence-electron chi connectivity index (χ1n) is 13.3. The van der Waals surface area contributed by atoms with E-state index in [1.165, 1.54) is 11.3 Å². The number of nitrogens with two attached hydrogens (primary N) is 1. The Balaban J connectivity index is 1.24. The zero-order valence-corrected chi connectivity index (χ0v) is 22.1. The highest BCUT2D eigenvalue weighted by atomic mass is 32.1. The zero-order valence-electron chi connectivity index (χ0n) is 21.3. The number of carbonyl (C=O) groups is 3. The lowest BCUT2D eigenvalue weighted by Crippen LogP contribution is -2.36. The lowest BCUT2D eigenvalue weighted by atomic mass is 10.1. The SMILES string of the molecule is NC(=O)c1cc2c(s1)C1=CC=CCC=C1N(C(=O)c1cccc(N3CCCN(C(=O)C4CC4)CC3)n1)CC2. The first kappa shape index (κ1) is 24.6. The van der Waals surface area contributed by atoms with Gasteiger partial charge in [0.1, 0.15) is 11.5 Å². The van der Waals surface area contributed by atoms with Gasteiger partial charge < -0.3 is 20.4 Å². The molecule has 0 radical (unpaired) electrons. The van der Waals surface area contributed by atoms with Crippen LogP contribution in [0.4, 0.5) is 5.82 Å². The minimum absolute atomic E-state index is 0.142. The Kier molecular flexibility index (Phi) is 6.61. The second-order valence-corrected chi connectivity index (χ2v) is 11.2. The zero-order chi connectivity index (χ0) is 26.2. The molecule has 4 aliphatic rings. The quantitative estimate of drug-likeness (QED) is 0.652. The molecule has 8 nitrogen and oxygen atoms in total. The van der Waals surface area contributed by atoms with Crippen LogP contribution in [0.3, 0.4) is 0 Å². The van der Waals surface area contributed by atoms with Gasteiger partial charge in [0, 0.05) is 54.8 Å². The molecule has 196 valence electrons. The summed E-state index contributed by atoms with van der Waals surface area (Å²) in [6.07, 6.45) is 12.4. The Labute approximate surface area is 226 Å². The van der Waals surface area contributed by atoms with Crippen molar-refractivity contribution in [2.75, 3.05) is 37.6 Å². The average molecular weight is 530 g/mol. The maximum atomic E-state index is 13.9. The third kappa shape index (κ3) is 4.78. The van der Waals surface area contributed by atoms with Gasteiger partial charge in [0.05, 0.1) is 4.88 Å². The van der Waals surface area contributed by atoms with Crippen LogP contribution in [0, 0.1) is 5.92 Å². The molecule has 2 aliphatic carbocycles. The van der Waals surface area contributed by atoms with Crippen molar-refractivity contribution in [3.8, 4) is 0 Å². The number of nitrogens with zero attached hydrogens (tertiary/aromatic N) is 4. The number of rotatable bonds is 4. The normalized spacial score (nSPS) is 19.4. The summed E-state index contributed by atoms with van der Waals surface area (Å²) < 4.78 is 0. The third-order valence-corrected chi connectivity index (χ3v) is 8.80. The van der Waals surface area contributed by atoms with E-state index in [4.69, 9.17) is 10.7 Å². The first-order valence-corrected chi connectivity index (χ1v) is 14.1. The van der Waals surface area contributed by atoms with E-state index in [1.54, 1.807) is 6.07 Å². The Morgan fingerprint density at radius 3 is 2.74 bits per heavy atom. The molecule has 2 fully saturated rings. The van der Waals surface area contributed by atoms with Crippen molar-refractivity contribution in [1.29, 1.82) is 0 Å². The molecular formula is C29H31N5O3S. The van der Waals surface area contributed by atoms with E-state index >= 15 is 0 Å². The fraction of sp³-hybridized carbons (Fsp3) is 0.379. The largest absolute Gasteiger partial charge is 0.365 e. The van der Waals surface area contributed by atoms with Gasteiger partial charge in [-0.2, -0.15) is 0 Å². The molecule has 0 spiro atoms. The van der Waals surface area contributed by atoms with Crippen molar-refractivity contribution < 1.29 is 14.4 Å². The van der Waals surface area contributed by atoms with Gasteiger partial charge in [0.2, 0.25) is 5.91 Å². The van der Waals surface area contributed by atoms with Gasteiger partial charge in [-0.3, -0.25) is 14.4 Å². The Bertz CT molecular complexity index is 1390. The van der Waals surface area contributed by atoms with Crippen molar-refractivity contribution in [3.63, 3.8) is 0 Å². The van der Waals surface area contributed by atoms with Crippen molar-refractivity contribution in [3.05, 3.63) is 75.3 Å². The highest BCUT2D eigenvalue weighted by molar-refractivity contribution is 7.15. The summed E-state index contributed by atoms with van der Waals surface area (Å²) in [5, 5.41) is 0. The number of hydrogen-bond donors (Lipinski definition) is 1. The van der Waals surface area contributed by atoms with E-state index in [1.807, 2.05) is 40.2 Å². The Morgan fingerprint density at radius 2 is 1.92 bits per heavy atom. The monoisotopic (exact) mass is 529 g/mol. The number of primary amides is 1. The molecule has 0 aromatic carbocycles. The molecule has 38 heavy (non-hydrogen) atoms. The van der Waals surface area contributed by atoms with E-state index < -0.39 is 5.91 Å². The van der Waals surface area contributed by atoms with Crippen LogP contribution >= 0.6 is 11.3 Å². The minimum Gasteiger partial charge on any atom is -0.365 e. The summed E-state index contributed by atoms with van der Waals surface area (Å²) in [5.74, 6) is 0.714. The van der Waals surface area contributed by atoms with Crippen LogP contribution in [0.15, 0.2) is 54.3 Å². The molecule has 0 unspecified atom stereocenters. The standard InChI is InChI=1S/C29H31N5O3S/c30-27(35)24-18-20-12-15-34(23-8-3-1-2-6-21(23)26(20)38-24)29(37)22-7-4-9-25(31-22)32-13-5-14-33(17-16-32)28(36)19-10-11-19/h1-2,4,6-9,18-19H,3,5,10-17H2,(H2,30,35). The van der Waals surface area contributed by atoms with Crippen LogP contribution < -0.4 is 10.6 Å². The molecule has 9 heteroatoms. The van der Waals surface area contributed by atoms with Crippen LogP contribution in [-0.4, -0.2) is 65.2 Å². The average Bonchev–Trinajstić information content (AvgIpc) is 3.76. The number of amides is 3. The smallest absolute Gasteiger partial charge is 0.276 e. The molecule has 0 atom stereocenters. The predicted octanol–water partition coefficient (Wildman–Crippen LogP) is 3.62. The van der Waals surface area contributed by atoms with Crippen molar-refractivity contribution >= 4 is 40.4 Å². The number of fused-ring (bicyclic) bond motifs is 3. The van der Waals surface area contributed by atoms with Crippen LogP contribution in [0.5, 0.6) is 0 Å². The van der Waals surface area contributed by atoms with Crippen molar-refractivity contribution in [2.24, 2.45) is 11.7 Å². The number of anilines is 1. The number of hydrogen-bond acceptors (Lipinski definition) is 6. The molecule has 2 N–H and O–H groups in total. The molecule has 3 amide bonds. The minimum atomic E-state index is -0.430. The Morgan fingerprint density at radius 1 is 1.05 bits per heavy atom. The highest BCUT2D eigenvalue weighted by Crippen LogP contribution is 2.39. The van der Waals surface area contributed by atoms with E-state index in [9.17, 15) is 14.4 Å². The Hall–Kier alpha value is -3.72. The molecule has 6 rings (SSSR count). The van der Waals surface area contributed by atoms with Gasteiger partial charge in [0.25, 0.3) is 11.8 Å². The molecule has 2 aromatic heterocycles. The van der Waals surface area contributed by atoms with Gasteiger partial charge in [0.15, 0.2) is 0 Å². The van der Waals surface area contributed by atoms with E-state index in [2.05, 4.69) is 17.1 Å². The van der Waals surface area contributed by atoms with Gasteiger partial charge >= 0.3 is 0 Å². The van der Waals surface area contributed by atoms with Crippen LogP contribution in [0.2, 0.25) is 0 Å². The molecule has 4 heterocycles. The number of allylic oxidation sites excluding steroid dienone is 5. The number of carbonyl (C=O) groups excluding carboxylic acids is 3. The lowest BCUT2D eigenvalue weighted by molar-refractivity contribution is -0.132. The molecule has 1 saturated heterocycles. The van der Waals surface area contributed by atoms with Gasteiger partial charge in [-0.05, 0) is 55.9 Å². The van der Waals surface area contributed by atoms with E-state index in [0.717, 1.165) is 59.9 Å². The summed E-state index contributed by atoms with van der Waals surface area (Å²) in [6, 6.07) is 7.47. The summed E-state index contributed by atoms with van der Waals surface area (Å²) in [7, 11) is 0. The maximum Gasteiger partial charge on any atom is 0.276 e. The number of aromatic nitrogens is 1. The third-order valence-electron chi connectivity index (χ3n) is 7.57. The molecule has 2 aromatic rings. The molecule has 0 bridgehead atoms. The highest BCUT2D eigenvalue weighted by Gasteiger charge is 2.34. The maximum absolute atomic E-state index is 13.9. The summed E-state index contributed by atoms with van der Waals surface area (Å²) in [5.41, 5.74) is 8.77. The van der Waals surface area contributed by atoms with Crippen LogP contribution in [-0.2, 0) is 11.2 Å². The summed E-state index contributed by atoms with van der Waals surface area (Å²) in [6.45, 7) is 3.45. The molecular weight excluding hydrogens is 498 g/mol. The topological polar surface area (TPSA) is 99.8 Å². The predicted molar refractivity (Wildman–Crippen MR) is 148 cm³/mol. The molecule has 2 aliphatic heterocycles. The van der Waals surface area contributed by atoms with Crippen LogP contribution in [0.1, 0.15) is 56.3 Å². The number of pyridine rings is 1. The molecule has 1 saturated carbocycles. The summed E-state index contributed by atoms with van der Waals surface area (Å²) in [4.78, 5) is 50.7. The second kappa shape index (κ2) is 10.2. The second-order valence-electron chi connectivity index (χ2n) is 10.2. The van der Waals surface area contributed by atoms with Crippen molar-refractivity contribution in [1.82, 2.24) is 14.8 Å². The van der Waals surface area contributed by atoms with Gasteiger partial charge in [-0.15, -0.1) is 11.3 Å². The van der Waals surface area contributed by atoms with Gasteiger partial charge in [-0.25, -0.2) is 4.98 Å². The fourth-order valence-corrected chi connectivity index (χ4v) is 6.50. The summed E-state index contributed by atoms with van der Waals surface area (Å²) >= 11 is 1.39. The van der Waals surface area contributed by atoms with E-state index in [-0.39, 0.29) is 17.7 Å².